The second-order valence-corrected chi connectivity index (χ2v) is 6.88. The molecule has 0 bridgehead atoms. The maximum absolute atomic E-state index is 14.2. The monoisotopic (exact) mass is 367 g/mol. The molecule has 3 rings (SSSR count). The smallest absolute Gasteiger partial charge is 0.223 e. The minimum Gasteiger partial charge on any atom is -0.346 e. The lowest BCUT2D eigenvalue weighted by molar-refractivity contribution is -0.125. The molecule has 1 heterocycles. The summed E-state index contributed by atoms with van der Waals surface area (Å²) >= 11 is 0. The van der Waals surface area contributed by atoms with E-state index in [0.29, 0.717) is 12.1 Å². The molecule has 5 heteroatoms. The molecule has 27 heavy (non-hydrogen) atoms. The first-order valence-corrected chi connectivity index (χ1v) is 9.54. The van der Waals surface area contributed by atoms with E-state index in [1.54, 1.807) is 12.1 Å². The van der Waals surface area contributed by atoms with Crippen LogP contribution in [0.5, 0.6) is 0 Å². The Bertz CT molecular complexity index is 930. The second-order valence-electron chi connectivity index (χ2n) is 6.88. The zero-order valence-electron chi connectivity index (χ0n) is 16.1. The van der Waals surface area contributed by atoms with Gasteiger partial charge in [-0.05, 0) is 38.0 Å². The highest BCUT2D eigenvalue weighted by Gasteiger charge is 2.22. The number of hydrogen-bond acceptors (Lipinski definition) is 2. The summed E-state index contributed by atoms with van der Waals surface area (Å²) < 4.78 is 16.2. The van der Waals surface area contributed by atoms with Crippen molar-refractivity contribution in [1.29, 1.82) is 0 Å². The number of benzene rings is 2. The minimum absolute atomic E-state index is 0.00292. The van der Waals surface area contributed by atoms with Crippen LogP contribution in [0.3, 0.4) is 0 Å². The van der Waals surface area contributed by atoms with Crippen LogP contribution in [-0.2, 0) is 11.3 Å². The molecular weight excluding hydrogens is 341 g/mol. The summed E-state index contributed by atoms with van der Waals surface area (Å²) in [4.78, 5) is 17.2. The number of para-hydroxylation sites is 2. The fourth-order valence-corrected chi connectivity index (χ4v) is 3.44. The molecule has 4 nitrogen and oxygen atoms in total. The van der Waals surface area contributed by atoms with Gasteiger partial charge in [0.25, 0.3) is 0 Å². The highest BCUT2D eigenvalue weighted by Crippen LogP contribution is 2.23. The van der Waals surface area contributed by atoms with Crippen molar-refractivity contribution in [3.63, 3.8) is 0 Å². The van der Waals surface area contributed by atoms with Crippen molar-refractivity contribution >= 4 is 16.9 Å². The molecule has 3 aromatic rings. The van der Waals surface area contributed by atoms with Crippen molar-refractivity contribution < 1.29 is 9.18 Å². The molecular formula is C22H26FN3O. The average molecular weight is 367 g/mol. The van der Waals surface area contributed by atoms with Gasteiger partial charge in [-0.25, -0.2) is 9.37 Å². The average Bonchev–Trinajstić information content (AvgIpc) is 3.03. The van der Waals surface area contributed by atoms with E-state index in [0.717, 1.165) is 29.7 Å². The number of halogens is 1. The molecule has 0 spiro atoms. The van der Waals surface area contributed by atoms with E-state index >= 15 is 0 Å². The van der Waals surface area contributed by atoms with Crippen LogP contribution in [0.25, 0.3) is 11.0 Å². The van der Waals surface area contributed by atoms with Crippen LogP contribution in [0.15, 0.2) is 48.5 Å². The van der Waals surface area contributed by atoms with Crippen LogP contribution < -0.4 is 5.32 Å². The van der Waals surface area contributed by atoms with E-state index in [2.05, 4.69) is 5.32 Å². The van der Waals surface area contributed by atoms with Gasteiger partial charge >= 0.3 is 0 Å². The van der Waals surface area contributed by atoms with Gasteiger partial charge in [-0.15, -0.1) is 0 Å². The van der Waals surface area contributed by atoms with Crippen LogP contribution in [0, 0.1) is 11.7 Å². The van der Waals surface area contributed by atoms with Crippen molar-refractivity contribution in [3.8, 4) is 0 Å². The van der Waals surface area contributed by atoms with Crippen molar-refractivity contribution in [3.05, 3.63) is 65.7 Å². The number of fused-ring (bicyclic) bond motifs is 1. The topological polar surface area (TPSA) is 46.9 Å². The lowest BCUT2D eigenvalue weighted by Crippen LogP contribution is -2.33. The minimum atomic E-state index is -0.266. The molecule has 0 aliphatic carbocycles. The summed E-state index contributed by atoms with van der Waals surface area (Å²) in [5, 5.41) is 3.08. The zero-order chi connectivity index (χ0) is 19.4. The van der Waals surface area contributed by atoms with Crippen molar-refractivity contribution in [1.82, 2.24) is 14.9 Å². The van der Waals surface area contributed by atoms with Gasteiger partial charge in [0.05, 0.1) is 23.6 Å². The number of nitrogens with zero attached hydrogens (tertiary/aromatic N) is 2. The summed E-state index contributed by atoms with van der Waals surface area (Å²) in [5.41, 5.74) is 2.37. The van der Waals surface area contributed by atoms with Crippen LogP contribution in [0.1, 0.15) is 51.0 Å². The summed E-state index contributed by atoms with van der Waals surface area (Å²) in [5.74, 6) is 0.530. The standard InChI is InChI=1S/C22H26FN3O/c1-4-16(5-2)22(27)24-15(3)21-25-19-12-8-9-13-20(19)26(21)14-17-10-6-7-11-18(17)23/h6-13,15-16H,4-5,14H2,1-3H3,(H,24,27). The normalized spacial score (nSPS) is 12.5. The van der Waals surface area contributed by atoms with Gasteiger partial charge in [-0.2, -0.15) is 0 Å². The van der Waals surface area contributed by atoms with Gasteiger partial charge in [0, 0.05) is 11.5 Å². The maximum Gasteiger partial charge on any atom is 0.223 e. The summed E-state index contributed by atoms with van der Waals surface area (Å²) in [6, 6.07) is 14.3. The van der Waals surface area contributed by atoms with Crippen molar-refractivity contribution in [2.45, 2.75) is 46.2 Å². The van der Waals surface area contributed by atoms with Gasteiger partial charge < -0.3 is 9.88 Å². The van der Waals surface area contributed by atoms with Gasteiger partial charge in [0.15, 0.2) is 0 Å². The fourth-order valence-electron chi connectivity index (χ4n) is 3.44. The number of amides is 1. The number of aromatic nitrogens is 2. The molecule has 142 valence electrons. The highest BCUT2D eigenvalue weighted by atomic mass is 19.1. The van der Waals surface area contributed by atoms with Crippen LogP contribution >= 0.6 is 0 Å². The van der Waals surface area contributed by atoms with E-state index in [9.17, 15) is 9.18 Å². The quantitative estimate of drug-likeness (QED) is 0.650. The molecule has 1 unspecified atom stereocenters. The van der Waals surface area contributed by atoms with Crippen molar-refractivity contribution in [2.75, 3.05) is 0 Å². The van der Waals surface area contributed by atoms with E-state index in [4.69, 9.17) is 4.98 Å². The van der Waals surface area contributed by atoms with E-state index < -0.39 is 0 Å². The Morgan fingerprint density at radius 2 is 1.78 bits per heavy atom. The molecule has 0 radical (unpaired) electrons. The van der Waals surface area contributed by atoms with Crippen LogP contribution in [-0.4, -0.2) is 15.5 Å². The molecule has 1 N–H and O–H groups in total. The number of nitrogens with one attached hydrogen (secondary N) is 1. The Kier molecular flexibility index (Phi) is 5.89. The van der Waals surface area contributed by atoms with Gasteiger partial charge in [0.2, 0.25) is 5.91 Å². The predicted octanol–water partition coefficient (Wildman–Crippen LogP) is 4.84. The molecule has 0 aliphatic heterocycles. The molecule has 1 amide bonds. The number of hydrogen-bond donors (Lipinski definition) is 1. The lowest BCUT2D eigenvalue weighted by atomic mass is 10.0. The molecule has 1 atom stereocenters. The zero-order valence-corrected chi connectivity index (χ0v) is 16.1. The Morgan fingerprint density at radius 3 is 2.48 bits per heavy atom. The SMILES string of the molecule is CCC(CC)C(=O)NC(C)c1nc2ccccc2n1Cc1ccccc1F. The third-order valence-corrected chi connectivity index (χ3v) is 5.07. The Labute approximate surface area is 159 Å². The number of imidazole rings is 1. The summed E-state index contributed by atoms with van der Waals surface area (Å²) in [6.07, 6.45) is 1.61. The third-order valence-electron chi connectivity index (χ3n) is 5.07. The van der Waals surface area contributed by atoms with E-state index in [1.807, 2.05) is 55.7 Å². The molecule has 0 aliphatic rings. The van der Waals surface area contributed by atoms with Gasteiger partial charge in [-0.1, -0.05) is 44.2 Å². The Hall–Kier alpha value is -2.69. The predicted molar refractivity (Wildman–Crippen MR) is 106 cm³/mol. The van der Waals surface area contributed by atoms with E-state index in [1.165, 1.54) is 6.07 Å². The van der Waals surface area contributed by atoms with Gasteiger partial charge in [0.1, 0.15) is 11.6 Å². The summed E-state index contributed by atoms with van der Waals surface area (Å²) in [6.45, 7) is 6.34. The molecule has 0 saturated carbocycles. The fraction of sp³-hybridized carbons (Fsp3) is 0.364. The number of rotatable bonds is 7. The van der Waals surface area contributed by atoms with E-state index in [-0.39, 0.29) is 23.7 Å². The maximum atomic E-state index is 14.2. The number of carbonyl (C=O) groups is 1. The highest BCUT2D eigenvalue weighted by molar-refractivity contribution is 5.79. The molecule has 0 fully saturated rings. The number of carbonyl (C=O) groups excluding carboxylic acids is 1. The van der Waals surface area contributed by atoms with Crippen molar-refractivity contribution in [2.24, 2.45) is 5.92 Å². The third kappa shape index (κ3) is 4.02. The summed E-state index contributed by atoms with van der Waals surface area (Å²) in [7, 11) is 0. The Morgan fingerprint density at radius 1 is 1.11 bits per heavy atom. The first-order valence-electron chi connectivity index (χ1n) is 9.54. The Balaban J connectivity index is 1.97. The first-order chi connectivity index (χ1) is 13.0. The van der Waals surface area contributed by atoms with Crippen LogP contribution in [0.2, 0.25) is 0 Å². The first kappa shape index (κ1) is 19.1. The second kappa shape index (κ2) is 8.33. The largest absolute Gasteiger partial charge is 0.346 e. The molecule has 1 aromatic heterocycles. The van der Waals surface area contributed by atoms with Crippen LogP contribution in [0.4, 0.5) is 4.39 Å². The van der Waals surface area contributed by atoms with Gasteiger partial charge in [-0.3, -0.25) is 4.79 Å². The lowest BCUT2D eigenvalue weighted by Gasteiger charge is -2.19. The molecule has 0 saturated heterocycles. The molecule has 2 aromatic carbocycles.